The molecule has 1 aromatic heterocycles. The zero-order valence-electron chi connectivity index (χ0n) is 15.6. The van der Waals surface area contributed by atoms with Crippen molar-refractivity contribution in [2.75, 3.05) is 10.6 Å². The minimum atomic E-state index is -0.211. The summed E-state index contributed by atoms with van der Waals surface area (Å²) in [5.74, 6) is -0.347. The highest BCUT2D eigenvalue weighted by atomic mass is 16.2. The summed E-state index contributed by atoms with van der Waals surface area (Å²) in [6, 6.07) is 15.0. The molecular formula is C21H22N4O2. The number of rotatable bonds is 5. The normalized spacial score (nSPS) is 10.5. The number of aryl methyl sites for hydroxylation is 1. The highest BCUT2D eigenvalue weighted by Gasteiger charge is 2.17. The fourth-order valence-corrected chi connectivity index (χ4v) is 2.85. The fourth-order valence-electron chi connectivity index (χ4n) is 2.85. The van der Waals surface area contributed by atoms with Crippen LogP contribution in [0.1, 0.15) is 35.5 Å². The summed E-state index contributed by atoms with van der Waals surface area (Å²) in [5, 5.41) is 9.98. The van der Waals surface area contributed by atoms with Crippen molar-refractivity contribution >= 4 is 23.2 Å². The van der Waals surface area contributed by atoms with Gasteiger partial charge >= 0.3 is 0 Å². The summed E-state index contributed by atoms with van der Waals surface area (Å²) >= 11 is 0. The van der Waals surface area contributed by atoms with E-state index in [4.69, 9.17) is 0 Å². The summed E-state index contributed by atoms with van der Waals surface area (Å²) in [6.45, 7) is 5.48. The van der Waals surface area contributed by atoms with Gasteiger partial charge in [0.1, 0.15) is 0 Å². The van der Waals surface area contributed by atoms with Crippen LogP contribution in [0.25, 0.3) is 5.69 Å². The smallest absolute Gasteiger partial charge is 0.259 e. The average Bonchev–Trinajstić information content (AvgIpc) is 3.07. The summed E-state index contributed by atoms with van der Waals surface area (Å²) in [7, 11) is 0. The number of nitrogens with one attached hydrogen (secondary N) is 2. The van der Waals surface area contributed by atoms with Gasteiger partial charge in [-0.25, -0.2) is 4.68 Å². The molecule has 0 bridgehead atoms. The number of carbonyl (C=O) groups is 2. The molecule has 2 amide bonds. The monoisotopic (exact) mass is 362 g/mol. The quantitative estimate of drug-likeness (QED) is 0.721. The van der Waals surface area contributed by atoms with Crippen LogP contribution in [0.15, 0.2) is 54.7 Å². The minimum Gasteiger partial charge on any atom is -0.326 e. The predicted octanol–water partition coefficient (Wildman–Crippen LogP) is 3.95. The lowest BCUT2D eigenvalue weighted by molar-refractivity contribution is -0.114. The number of nitrogens with zero attached hydrogens (tertiary/aromatic N) is 2. The number of aromatic nitrogens is 2. The molecule has 6 nitrogen and oxygen atoms in total. The topological polar surface area (TPSA) is 76.0 Å². The van der Waals surface area contributed by atoms with Crippen molar-refractivity contribution < 1.29 is 9.59 Å². The second-order valence-corrected chi connectivity index (χ2v) is 6.32. The second kappa shape index (κ2) is 7.86. The van der Waals surface area contributed by atoms with E-state index in [9.17, 15) is 9.59 Å². The lowest BCUT2D eigenvalue weighted by Gasteiger charge is -2.09. The van der Waals surface area contributed by atoms with Gasteiger partial charge in [0.05, 0.1) is 23.1 Å². The molecule has 0 aliphatic rings. The van der Waals surface area contributed by atoms with Crippen LogP contribution >= 0.6 is 0 Å². The molecular weight excluding hydrogens is 340 g/mol. The number of benzene rings is 2. The Balaban J connectivity index is 1.80. The van der Waals surface area contributed by atoms with Crippen LogP contribution in [0.4, 0.5) is 11.4 Å². The molecule has 0 aliphatic carbocycles. The maximum atomic E-state index is 12.7. The van der Waals surface area contributed by atoms with Crippen molar-refractivity contribution in [2.24, 2.45) is 0 Å². The first-order chi connectivity index (χ1) is 13.0. The molecule has 2 N–H and O–H groups in total. The van der Waals surface area contributed by atoms with Gasteiger partial charge < -0.3 is 10.6 Å². The van der Waals surface area contributed by atoms with Gasteiger partial charge in [-0.15, -0.1) is 0 Å². The van der Waals surface area contributed by atoms with Gasteiger partial charge in [-0.05, 0) is 49.7 Å². The van der Waals surface area contributed by atoms with Gasteiger partial charge in [0, 0.05) is 18.3 Å². The molecule has 0 radical (unpaired) electrons. The largest absolute Gasteiger partial charge is 0.326 e. The van der Waals surface area contributed by atoms with E-state index in [2.05, 4.69) is 15.7 Å². The molecule has 0 saturated carbocycles. The first-order valence-corrected chi connectivity index (χ1v) is 8.81. The molecule has 0 atom stereocenters. The zero-order valence-corrected chi connectivity index (χ0v) is 15.6. The Bertz CT molecular complexity index is 957. The van der Waals surface area contributed by atoms with E-state index in [0.717, 1.165) is 11.4 Å². The lowest BCUT2D eigenvalue weighted by Crippen LogP contribution is -2.14. The van der Waals surface area contributed by atoms with Gasteiger partial charge in [0.2, 0.25) is 5.91 Å². The van der Waals surface area contributed by atoms with E-state index in [1.165, 1.54) is 12.5 Å². The Morgan fingerprint density at radius 3 is 2.11 bits per heavy atom. The predicted molar refractivity (Wildman–Crippen MR) is 106 cm³/mol. The third-order valence-corrected chi connectivity index (χ3v) is 4.19. The first kappa shape index (κ1) is 18.4. The van der Waals surface area contributed by atoms with Crippen molar-refractivity contribution in [2.45, 2.75) is 27.2 Å². The molecule has 0 aliphatic heterocycles. The van der Waals surface area contributed by atoms with Crippen molar-refractivity contribution in [1.82, 2.24) is 9.78 Å². The van der Waals surface area contributed by atoms with E-state index in [1.807, 2.05) is 38.1 Å². The third-order valence-electron chi connectivity index (χ3n) is 4.19. The Labute approximate surface area is 158 Å². The maximum absolute atomic E-state index is 12.7. The third kappa shape index (κ3) is 4.23. The Morgan fingerprint density at radius 1 is 0.963 bits per heavy atom. The SMILES string of the molecule is CCc1c(C(=O)Nc2ccc(NC(C)=O)cc2)cnn1-c1ccc(C)cc1. The van der Waals surface area contributed by atoms with Crippen molar-refractivity contribution in [3.8, 4) is 5.69 Å². The standard InChI is InChI=1S/C21H22N4O2/c1-4-20-19(13-22-25(20)18-11-5-14(2)6-12-18)21(27)24-17-9-7-16(8-10-17)23-15(3)26/h5-13H,4H2,1-3H3,(H,23,26)(H,24,27). The lowest BCUT2D eigenvalue weighted by atomic mass is 10.1. The molecule has 3 rings (SSSR count). The number of anilines is 2. The van der Waals surface area contributed by atoms with Crippen LogP contribution in [-0.4, -0.2) is 21.6 Å². The van der Waals surface area contributed by atoms with E-state index in [0.29, 0.717) is 23.4 Å². The van der Waals surface area contributed by atoms with Gasteiger partial charge in [0.15, 0.2) is 0 Å². The van der Waals surface area contributed by atoms with Crippen LogP contribution in [0.3, 0.4) is 0 Å². The van der Waals surface area contributed by atoms with Gasteiger partial charge in [-0.1, -0.05) is 24.6 Å². The number of amides is 2. The molecule has 0 saturated heterocycles. The van der Waals surface area contributed by atoms with E-state index in [-0.39, 0.29) is 11.8 Å². The second-order valence-electron chi connectivity index (χ2n) is 6.32. The van der Waals surface area contributed by atoms with Crippen LogP contribution in [0, 0.1) is 6.92 Å². The molecule has 138 valence electrons. The molecule has 0 unspecified atom stereocenters. The minimum absolute atomic E-state index is 0.136. The fraction of sp³-hybridized carbons (Fsp3) is 0.190. The molecule has 2 aromatic carbocycles. The zero-order chi connectivity index (χ0) is 19.4. The molecule has 1 heterocycles. The molecule has 6 heteroatoms. The van der Waals surface area contributed by atoms with E-state index >= 15 is 0 Å². The highest BCUT2D eigenvalue weighted by Crippen LogP contribution is 2.19. The summed E-state index contributed by atoms with van der Waals surface area (Å²) < 4.78 is 1.80. The number of hydrogen-bond acceptors (Lipinski definition) is 3. The van der Waals surface area contributed by atoms with Crippen molar-refractivity contribution in [3.05, 3.63) is 71.5 Å². The van der Waals surface area contributed by atoms with Gasteiger partial charge in [-0.3, -0.25) is 9.59 Å². The van der Waals surface area contributed by atoms with Crippen LogP contribution < -0.4 is 10.6 Å². The van der Waals surface area contributed by atoms with Crippen LogP contribution in [-0.2, 0) is 11.2 Å². The van der Waals surface area contributed by atoms with E-state index < -0.39 is 0 Å². The highest BCUT2D eigenvalue weighted by molar-refractivity contribution is 6.05. The molecule has 0 fully saturated rings. The van der Waals surface area contributed by atoms with Crippen molar-refractivity contribution in [3.63, 3.8) is 0 Å². The Morgan fingerprint density at radius 2 is 1.56 bits per heavy atom. The van der Waals surface area contributed by atoms with Gasteiger partial charge in [0.25, 0.3) is 5.91 Å². The van der Waals surface area contributed by atoms with Crippen LogP contribution in [0.2, 0.25) is 0 Å². The average molecular weight is 362 g/mol. The van der Waals surface area contributed by atoms with Gasteiger partial charge in [-0.2, -0.15) is 5.10 Å². The Hall–Kier alpha value is -3.41. The first-order valence-electron chi connectivity index (χ1n) is 8.81. The number of hydrogen-bond donors (Lipinski definition) is 2. The van der Waals surface area contributed by atoms with Crippen LogP contribution in [0.5, 0.6) is 0 Å². The summed E-state index contributed by atoms with van der Waals surface area (Å²) in [5.41, 5.74) is 4.83. The Kier molecular flexibility index (Phi) is 5.35. The molecule has 0 spiro atoms. The van der Waals surface area contributed by atoms with Crippen molar-refractivity contribution in [1.29, 1.82) is 0 Å². The van der Waals surface area contributed by atoms with E-state index in [1.54, 1.807) is 35.1 Å². The summed E-state index contributed by atoms with van der Waals surface area (Å²) in [6.07, 6.45) is 2.28. The molecule has 3 aromatic rings. The maximum Gasteiger partial charge on any atom is 0.259 e. The number of carbonyl (C=O) groups excluding carboxylic acids is 2. The molecule has 27 heavy (non-hydrogen) atoms. The summed E-state index contributed by atoms with van der Waals surface area (Å²) in [4.78, 5) is 23.8.